The Morgan fingerprint density at radius 2 is 2.38 bits per heavy atom. The highest BCUT2D eigenvalue weighted by Crippen LogP contribution is 2.15. The third kappa shape index (κ3) is 1.99. The van der Waals surface area contributed by atoms with E-state index >= 15 is 0 Å². The molecule has 0 amide bonds. The van der Waals surface area contributed by atoms with E-state index in [9.17, 15) is 0 Å². The summed E-state index contributed by atoms with van der Waals surface area (Å²) < 4.78 is 7.37. The van der Waals surface area contributed by atoms with Crippen LogP contribution in [-0.4, -0.2) is 27.2 Å². The van der Waals surface area contributed by atoms with Gasteiger partial charge in [-0.15, -0.1) is 0 Å². The summed E-state index contributed by atoms with van der Waals surface area (Å²) in [6.45, 7) is 5.36. The summed E-state index contributed by atoms with van der Waals surface area (Å²) in [6, 6.07) is 3.76. The van der Waals surface area contributed by atoms with E-state index in [0.29, 0.717) is 19.1 Å². The maximum absolute atomic E-state index is 5.85. The van der Waals surface area contributed by atoms with Crippen molar-refractivity contribution in [1.29, 1.82) is 0 Å². The van der Waals surface area contributed by atoms with Crippen LogP contribution < -0.4 is 5.73 Å². The van der Waals surface area contributed by atoms with Gasteiger partial charge < -0.3 is 10.5 Å². The smallest absolute Gasteiger partial charge is 0.202 e. The fourth-order valence-electron chi connectivity index (χ4n) is 1.75. The molecule has 2 aromatic rings. The van der Waals surface area contributed by atoms with Gasteiger partial charge in [0, 0.05) is 12.8 Å². The van der Waals surface area contributed by atoms with Crippen LogP contribution in [0.1, 0.15) is 13.8 Å². The predicted molar refractivity (Wildman–Crippen MR) is 63.0 cm³/mol. The number of nitrogens with two attached hydrogens (primary N) is 1. The maximum atomic E-state index is 5.85. The van der Waals surface area contributed by atoms with Crippen molar-refractivity contribution in [2.75, 3.05) is 12.3 Å². The standard InChI is InChI=1S/C11H16N4O/c1-3-16-8(2)7-15-10-9(14-11(15)12)5-4-6-13-10/h4-6,8H,3,7H2,1-2H3,(H2,12,14). The Labute approximate surface area is 94.2 Å². The van der Waals surface area contributed by atoms with E-state index in [1.54, 1.807) is 6.20 Å². The summed E-state index contributed by atoms with van der Waals surface area (Å²) in [5.74, 6) is 0.486. The molecule has 1 atom stereocenters. The van der Waals surface area contributed by atoms with Crippen LogP contribution in [0.5, 0.6) is 0 Å². The van der Waals surface area contributed by atoms with Crippen LogP contribution in [0.2, 0.25) is 0 Å². The minimum absolute atomic E-state index is 0.103. The molecule has 2 rings (SSSR count). The second kappa shape index (κ2) is 4.49. The SMILES string of the molecule is CCOC(C)Cn1c(N)nc2cccnc21. The van der Waals surface area contributed by atoms with Gasteiger partial charge in [-0.05, 0) is 26.0 Å². The summed E-state index contributed by atoms with van der Waals surface area (Å²) in [5.41, 5.74) is 7.49. The van der Waals surface area contributed by atoms with Gasteiger partial charge in [0.2, 0.25) is 5.95 Å². The van der Waals surface area contributed by atoms with E-state index in [2.05, 4.69) is 9.97 Å². The highest BCUT2D eigenvalue weighted by atomic mass is 16.5. The van der Waals surface area contributed by atoms with Gasteiger partial charge in [-0.3, -0.25) is 4.57 Å². The lowest BCUT2D eigenvalue weighted by molar-refractivity contribution is 0.0651. The number of aromatic nitrogens is 3. The zero-order valence-corrected chi connectivity index (χ0v) is 9.55. The van der Waals surface area contributed by atoms with Gasteiger partial charge >= 0.3 is 0 Å². The third-order valence-corrected chi connectivity index (χ3v) is 2.42. The number of anilines is 1. The first kappa shape index (κ1) is 10.9. The molecule has 16 heavy (non-hydrogen) atoms. The molecule has 5 nitrogen and oxygen atoms in total. The lowest BCUT2D eigenvalue weighted by Crippen LogP contribution is -2.18. The lowest BCUT2D eigenvalue weighted by atomic mass is 10.4. The van der Waals surface area contributed by atoms with Gasteiger partial charge in [-0.1, -0.05) is 0 Å². The molecular weight excluding hydrogens is 204 g/mol. The highest BCUT2D eigenvalue weighted by Gasteiger charge is 2.11. The summed E-state index contributed by atoms with van der Waals surface area (Å²) in [5, 5.41) is 0. The molecule has 1 unspecified atom stereocenters. The van der Waals surface area contributed by atoms with Crippen LogP contribution in [0.4, 0.5) is 5.95 Å². The van der Waals surface area contributed by atoms with Gasteiger partial charge in [0.1, 0.15) is 5.52 Å². The number of fused-ring (bicyclic) bond motifs is 1. The molecule has 0 saturated heterocycles. The Kier molecular flexibility index (Phi) is 3.05. The monoisotopic (exact) mass is 220 g/mol. The summed E-state index contributed by atoms with van der Waals surface area (Å²) in [6.07, 6.45) is 1.84. The summed E-state index contributed by atoms with van der Waals surface area (Å²) in [7, 11) is 0. The van der Waals surface area contributed by atoms with Gasteiger partial charge in [0.25, 0.3) is 0 Å². The average molecular weight is 220 g/mol. The van der Waals surface area contributed by atoms with Crippen molar-refractivity contribution in [3.8, 4) is 0 Å². The van der Waals surface area contributed by atoms with E-state index in [1.807, 2.05) is 30.5 Å². The van der Waals surface area contributed by atoms with Crippen LogP contribution in [0.25, 0.3) is 11.2 Å². The number of ether oxygens (including phenoxy) is 1. The highest BCUT2D eigenvalue weighted by molar-refractivity contribution is 5.73. The summed E-state index contributed by atoms with van der Waals surface area (Å²) in [4.78, 5) is 8.53. The topological polar surface area (TPSA) is 66.0 Å². The molecule has 0 aliphatic carbocycles. The zero-order valence-electron chi connectivity index (χ0n) is 9.55. The molecular formula is C11H16N4O. The van der Waals surface area contributed by atoms with E-state index in [-0.39, 0.29) is 6.10 Å². The lowest BCUT2D eigenvalue weighted by Gasteiger charge is -2.13. The van der Waals surface area contributed by atoms with Crippen molar-refractivity contribution in [2.45, 2.75) is 26.5 Å². The molecule has 0 aromatic carbocycles. The number of hydrogen-bond donors (Lipinski definition) is 1. The summed E-state index contributed by atoms with van der Waals surface area (Å²) >= 11 is 0. The molecule has 0 radical (unpaired) electrons. The first-order valence-corrected chi connectivity index (χ1v) is 5.40. The fraction of sp³-hybridized carbons (Fsp3) is 0.455. The Morgan fingerprint density at radius 3 is 3.12 bits per heavy atom. The van der Waals surface area contributed by atoms with Crippen molar-refractivity contribution >= 4 is 17.1 Å². The number of nitrogens with zero attached hydrogens (tertiary/aromatic N) is 3. The van der Waals surface area contributed by atoms with E-state index in [1.165, 1.54) is 0 Å². The average Bonchev–Trinajstić information content (AvgIpc) is 2.56. The molecule has 2 heterocycles. The minimum atomic E-state index is 0.103. The largest absolute Gasteiger partial charge is 0.377 e. The van der Waals surface area contributed by atoms with Crippen molar-refractivity contribution in [2.24, 2.45) is 0 Å². The normalized spacial score (nSPS) is 13.1. The first-order chi connectivity index (χ1) is 7.72. The third-order valence-electron chi connectivity index (χ3n) is 2.42. The molecule has 5 heteroatoms. The van der Waals surface area contributed by atoms with E-state index in [4.69, 9.17) is 10.5 Å². The molecule has 2 N–H and O–H groups in total. The van der Waals surface area contributed by atoms with Gasteiger partial charge in [0.15, 0.2) is 5.65 Å². The zero-order chi connectivity index (χ0) is 11.5. The van der Waals surface area contributed by atoms with Crippen LogP contribution in [0, 0.1) is 0 Å². The van der Waals surface area contributed by atoms with Crippen LogP contribution in [0.3, 0.4) is 0 Å². The van der Waals surface area contributed by atoms with Gasteiger partial charge in [0.05, 0.1) is 12.6 Å². The Balaban J connectivity index is 2.32. The van der Waals surface area contributed by atoms with E-state index < -0.39 is 0 Å². The Hall–Kier alpha value is -1.62. The van der Waals surface area contributed by atoms with Gasteiger partial charge in [-0.2, -0.15) is 0 Å². The Morgan fingerprint density at radius 1 is 1.56 bits per heavy atom. The number of imidazole rings is 1. The van der Waals surface area contributed by atoms with E-state index in [0.717, 1.165) is 11.2 Å². The maximum Gasteiger partial charge on any atom is 0.202 e. The number of rotatable bonds is 4. The van der Waals surface area contributed by atoms with Crippen LogP contribution in [0.15, 0.2) is 18.3 Å². The molecule has 0 spiro atoms. The molecule has 86 valence electrons. The predicted octanol–water partition coefficient (Wildman–Crippen LogP) is 1.44. The van der Waals surface area contributed by atoms with Crippen molar-refractivity contribution in [3.05, 3.63) is 18.3 Å². The quantitative estimate of drug-likeness (QED) is 0.846. The fourth-order valence-corrected chi connectivity index (χ4v) is 1.75. The molecule has 2 aromatic heterocycles. The minimum Gasteiger partial charge on any atom is -0.377 e. The first-order valence-electron chi connectivity index (χ1n) is 5.40. The van der Waals surface area contributed by atoms with Crippen molar-refractivity contribution < 1.29 is 4.74 Å². The molecule has 0 fully saturated rings. The number of nitrogen functional groups attached to an aromatic ring is 1. The van der Waals surface area contributed by atoms with Crippen LogP contribution >= 0.6 is 0 Å². The van der Waals surface area contributed by atoms with Crippen molar-refractivity contribution in [1.82, 2.24) is 14.5 Å². The molecule has 0 aliphatic heterocycles. The molecule has 0 bridgehead atoms. The second-order valence-electron chi connectivity index (χ2n) is 3.69. The number of hydrogen-bond acceptors (Lipinski definition) is 4. The van der Waals surface area contributed by atoms with Crippen LogP contribution in [-0.2, 0) is 11.3 Å². The Bertz CT molecular complexity index is 480. The number of pyridine rings is 1. The molecule has 0 saturated carbocycles. The second-order valence-corrected chi connectivity index (χ2v) is 3.69. The molecule has 0 aliphatic rings. The van der Waals surface area contributed by atoms with Gasteiger partial charge in [-0.25, -0.2) is 9.97 Å². The van der Waals surface area contributed by atoms with Crippen molar-refractivity contribution in [3.63, 3.8) is 0 Å².